The number of benzene rings is 2. The molecular formula is C27H36BN3O6S. The Labute approximate surface area is 226 Å². The van der Waals surface area contributed by atoms with E-state index in [-0.39, 0.29) is 24.4 Å². The number of nitriles is 1. The van der Waals surface area contributed by atoms with Crippen LogP contribution in [0.1, 0.15) is 38.7 Å². The van der Waals surface area contributed by atoms with E-state index >= 15 is 0 Å². The van der Waals surface area contributed by atoms with Crippen LogP contribution in [-0.4, -0.2) is 69.9 Å². The monoisotopic (exact) mass is 541 g/mol. The molecule has 0 saturated carbocycles. The smallest absolute Gasteiger partial charge is 0.122 e. The molecule has 2 aromatic carbocycles. The van der Waals surface area contributed by atoms with Crippen LogP contribution in [0.5, 0.6) is 11.5 Å². The fraction of sp³-hybridized carbons (Fsp3) is 0.519. The van der Waals surface area contributed by atoms with Gasteiger partial charge in [0.15, 0.2) is 0 Å². The van der Waals surface area contributed by atoms with Gasteiger partial charge in [0.25, 0.3) is 0 Å². The minimum absolute atomic E-state index is 0.0309. The standard InChI is InChI=1S/C27H36BN3O6S/c1-27(2,12-6-7-13-29)19-31(38(34,35)22-10-11-25-26(17-22)37-15-14-36-25)18-24(32)23(30-20-28-33)16-21-8-4-3-5-9-21/h3-5,8-11,17,23-24,30,32H,6-7,12,14-16,18-20H2,1-2H3/t23-,24?/m0/s1. The van der Waals surface area contributed by atoms with Gasteiger partial charge >= 0.3 is 214 Å². The van der Waals surface area contributed by atoms with E-state index in [2.05, 4.69) is 11.4 Å². The summed E-state index contributed by atoms with van der Waals surface area (Å²) in [5, 5.41) is 23.3. The van der Waals surface area contributed by atoms with E-state index in [9.17, 15) is 18.2 Å². The van der Waals surface area contributed by atoms with Crippen molar-refractivity contribution in [3.63, 3.8) is 0 Å². The number of hydrogen-bond donors (Lipinski definition) is 2. The van der Waals surface area contributed by atoms with Crippen molar-refractivity contribution in [2.45, 2.75) is 56.6 Å². The van der Waals surface area contributed by atoms with Gasteiger partial charge < -0.3 is 0 Å². The minimum atomic E-state index is -4.04. The number of aliphatic hydroxyl groups excluding tert-OH is 1. The molecule has 0 aliphatic carbocycles. The summed E-state index contributed by atoms with van der Waals surface area (Å²) in [6.07, 6.45) is 1.01. The Balaban J connectivity index is 1.90. The number of rotatable bonds is 15. The van der Waals surface area contributed by atoms with Crippen LogP contribution >= 0.6 is 0 Å². The van der Waals surface area contributed by atoms with Crippen LogP contribution < -0.4 is 14.8 Å². The van der Waals surface area contributed by atoms with Crippen LogP contribution in [-0.2, 0) is 21.1 Å². The Morgan fingerprint density at radius 2 is 1.87 bits per heavy atom. The average Bonchev–Trinajstić information content (AvgIpc) is 2.90. The fourth-order valence-corrected chi connectivity index (χ4v) is 6.19. The summed E-state index contributed by atoms with van der Waals surface area (Å²) in [7, 11) is -3.33. The molecule has 0 spiro atoms. The maximum absolute atomic E-state index is 13.9. The van der Waals surface area contributed by atoms with E-state index in [1.54, 1.807) is 6.07 Å². The van der Waals surface area contributed by atoms with Gasteiger partial charge in [0.1, 0.15) is 6.61 Å². The second kappa shape index (κ2) is 13.9. The van der Waals surface area contributed by atoms with Crippen molar-refractivity contribution < 1.29 is 27.7 Å². The van der Waals surface area contributed by atoms with Gasteiger partial charge in [0.2, 0.25) is 0 Å². The van der Waals surface area contributed by atoms with Gasteiger partial charge in [-0.25, -0.2) is 0 Å². The summed E-state index contributed by atoms with van der Waals surface area (Å²) in [4.78, 5) is 0.0437. The van der Waals surface area contributed by atoms with E-state index in [4.69, 9.17) is 14.7 Å². The topological polar surface area (TPSA) is 129 Å². The molecule has 9 nitrogen and oxygen atoms in total. The molecule has 0 amide bonds. The van der Waals surface area contributed by atoms with Gasteiger partial charge in [-0.3, -0.25) is 0 Å². The number of nitrogens with one attached hydrogen (secondary N) is 1. The molecule has 11 heteroatoms. The van der Waals surface area contributed by atoms with Gasteiger partial charge in [0.05, 0.1) is 0 Å². The van der Waals surface area contributed by atoms with Crippen LogP contribution in [0.2, 0.25) is 0 Å². The van der Waals surface area contributed by atoms with Crippen LogP contribution in [0.4, 0.5) is 0 Å². The molecule has 204 valence electrons. The molecule has 3 rings (SSSR count). The number of nitrogens with zero attached hydrogens (tertiary/aromatic N) is 2. The molecule has 2 aromatic rings. The molecule has 0 radical (unpaired) electrons. The molecule has 0 aromatic heterocycles. The number of unbranched alkanes of at least 4 members (excludes halogenated alkanes) is 1. The van der Waals surface area contributed by atoms with Crippen molar-refractivity contribution in [1.82, 2.24) is 9.62 Å². The average molecular weight is 541 g/mol. The second-order valence-electron chi connectivity index (χ2n) is 10.2. The molecule has 0 fully saturated rings. The van der Waals surface area contributed by atoms with E-state index in [1.165, 1.54) is 16.4 Å². The third kappa shape index (κ3) is 8.36. The first-order chi connectivity index (χ1) is 18.2. The Hall–Kier alpha value is -2.78. The van der Waals surface area contributed by atoms with Crippen molar-refractivity contribution in [2.24, 2.45) is 5.41 Å². The molecule has 38 heavy (non-hydrogen) atoms. The Morgan fingerprint density at radius 3 is 2.55 bits per heavy atom. The molecule has 1 aliphatic rings. The summed E-state index contributed by atoms with van der Waals surface area (Å²) < 4.78 is 51.4. The van der Waals surface area contributed by atoms with E-state index in [1.807, 2.05) is 44.2 Å². The van der Waals surface area contributed by atoms with Crippen LogP contribution in [0.3, 0.4) is 0 Å². The first kappa shape index (κ1) is 29.8. The number of hydrogen-bond acceptors (Lipinski definition) is 8. The van der Waals surface area contributed by atoms with Crippen molar-refractivity contribution in [3.8, 4) is 17.6 Å². The Bertz CT molecular complexity index is 1200. The predicted molar refractivity (Wildman–Crippen MR) is 144 cm³/mol. The first-order valence-electron chi connectivity index (χ1n) is 12.8. The van der Waals surface area contributed by atoms with Crippen LogP contribution in [0.25, 0.3) is 0 Å². The van der Waals surface area contributed by atoms with E-state index in [0.717, 1.165) is 5.56 Å². The first-order valence-corrected chi connectivity index (χ1v) is 14.3. The molecule has 2 N–H and O–H groups in total. The summed E-state index contributed by atoms with van der Waals surface area (Å²) in [5.41, 5.74) is 0.496. The summed E-state index contributed by atoms with van der Waals surface area (Å²) >= 11 is 0. The van der Waals surface area contributed by atoms with Crippen LogP contribution in [0.15, 0.2) is 53.4 Å². The van der Waals surface area contributed by atoms with E-state index in [0.29, 0.717) is 57.5 Å². The third-order valence-electron chi connectivity index (χ3n) is 6.51. The fourth-order valence-electron chi connectivity index (χ4n) is 4.53. The summed E-state index contributed by atoms with van der Waals surface area (Å²) in [6, 6.07) is 15.6. The maximum atomic E-state index is 13.9. The predicted octanol–water partition coefficient (Wildman–Crippen LogP) is 2.74. The number of aliphatic hydroxyl groups is 1. The summed E-state index contributed by atoms with van der Waals surface area (Å²) in [5.74, 6) is 0.848. The second-order valence-corrected chi connectivity index (χ2v) is 12.2. The van der Waals surface area contributed by atoms with Crippen LogP contribution in [0, 0.1) is 16.7 Å². The number of sulfonamides is 1. The molecular weight excluding hydrogens is 505 g/mol. The van der Waals surface area contributed by atoms with Crippen molar-refractivity contribution >= 4 is 17.2 Å². The molecule has 0 saturated heterocycles. The van der Waals surface area contributed by atoms with Gasteiger partial charge in [-0.1, -0.05) is 0 Å². The van der Waals surface area contributed by atoms with Crippen molar-refractivity contribution in [1.29, 1.82) is 5.26 Å². The zero-order valence-corrected chi connectivity index (χ0v) is 22.8. The summed E-state index contributed by atoms with van der Waals surface area (Å²) in [6.45, 7) is 4.59. The zero-order chi connectivity index (χ0) is 27.6. The SMILES string of the molecule is CC(C)(CCCC#N)CN(CC(O)[C@H](Cc1ccccc1)NCB=O)S(=O)(=O)c1ccc2c(c1)OCCO2. The van der Waals surface area contributed by atoms with Crippen molar-refractivity contribution in [2.75, 3.05) is 32.7 Å². The number of fused-ring (bicyclic) bond motifs is 1. The molecule has 1 aliphatic heterocycles. The molecule has 1 heterocycles. The van der Waals surface area contributed by atoms with Gasteiger partial charge in [-0.15, -0.1) is 0 Å². The van der Waals surface area contributed by atoms with Gasteiger partial charge in [0, 0.05) is 0 Å². The third-order valence-corrected chi connectivity index (χ3v) is 8.32. The molecule has 2 atom stereocenters. The zero-order valence-electron chi connectivity index (χ0n) is 22.0. The number of ether oxygens (including phenoxy) is 2. The normalized spacial score (nSPS) is 14.9. The van der Waals surface area contributed by atoms with E-state index < -0.39 is 27.6 Å². The minimum Gasteiger partial charge on any atom is 0.122 e. The Morgan fingerprint density at radius 1 is 1.16 bits per heavy atom. The van der Waals surface area contributed by atoms with Gasteiger partial charge in [-0.05, 0) is 0 Å². The quantitative estimate of drug-likeness (QED) is 0.260. The van der Waals surface area contributed by atoms with Crippen molar-refractivity contribution in [3.05, 3.63) is 54.1 Å². The molecule has 1 unspecified atom stereocenters. The molecule has 0 bridgehead atoms. The van der Waals surface area contributed by atoms with Gasteiger partial charge in [-0.2, -0.15) is 5.26 Å². The Kier molecular flexibility index (Phi) is 10.9.